The summed E-state index contributed by atoms with van der Waals surface area (Å²) >= 11 is 0. The van der Waals surface area contributed by atoms with Crippen molar-refractivity contribution in [2.24, 2.45) is 0 Å². The zero-order valence-corrected chi connectivity index (χ0v) is 9.73. The molecule has 0 saturated heterocycles. The fourth-order valence-electron chi connectivity index (χ4n) is 0.639. The second kappa shape index (κ2) is 5.43. The Kier molecular flexibility index (Phi) is 4.92. The van der Waals surface area contributed by atoms with Gasteiger partial charge in [-0.2, -0.15) is 0 Å². The van der Waals surface area contributed by atoms with Gasteiger partial charge in [-0.1, -0.05) is 18.2 Å². The van der Waals surface area contributed by atoms with Crippen molar-refractivity contribution >= 4 is 11.9 Å². The first-order valence-corrected chi connectivity index (χ1v) is 3.20. The minimum atomic E-state index is -1.60. The molecule has 0 aromatic heterocycles. The van der Waals surface area contributed by atoms with Crippen LogP contribution in [0.1, 0.15) is 0 Å². The topological polar surface area (TPSA) is 63.6 Å². The number of carboxylic acid groups (broad SMARTS) is 1. The molecular weight excluding hydrogens is 225 g/mol. The normalized spacial score (nSPS) is 8.31. The maximum absolute atomic E-state index is 10.5. The largest absolute Gasteiger partial charge is 0.473 e. The van der Waals surface area contributed by atoms with Crippen molar-refractivity contribution in [1.82, 2.24) is 0 Å². The van der Waals surface area contributed by atoms with Gasteiger partial charge in [0.15, 0.2) is 0 Å². The van der Waals surface area contributed by atoms with Gasteiger partial charge in [0.2, 0.25) is 0 Å². The summed E-state index contributed by atoms with van der Waals surface area (Å²) in [6, 6.07) is 8.02. The Morgan fingerprint density at radius 2 is 1.69 bits per heavy atom. The molecule has 5 heteroatoms. The van der Waals surface area contributed by atoms with Gasteiger partial charge in [0, 0.05) is 19.5 Å². The van der Waals surface area contributed by atoms with E-state index < -0.39 is 11.9 Å². The molecule has 0 atom stereocenters. The van der Waals surface area contributed by atoms with E-state index in [1.165, 1.54) is 12.1 Å². The van der Waals surface area contributed by atoms with Crippen LogP contribution < -0.4 is 4.74 Å². The fourth-order valence-corrected chi connectivity index (χ4v) is 0.639. The zero-order valence-electron chi connectivity index (χ0n) is 6.77. The Labute approximate surface area is 87.3 Å². The molecule has 0 aliphatic heterocycles. The van der Waals surface area contributed by atoms with Crippen molar-refractivity contribution in [3.05, 3.63) is 30.3 Å². The quantitative estimate of drug-likeness (QED) is 0.334. The van der Waals surface area contributed by atoms with Crippen LogP contribution in [0.25, 0.3) is 0 Å². The van der Waals surface area contributed by atoms with Crippen LogP contribution in [0.2, 0.25) is 0 Å². The molecule has 13 heavy (non-hydrogen) atoms. The number of ether oxygens (including phenoxy) is 1. The van der Waals surface area contributed by atoms with Crippen LogP contribution in [0.3, 0.4) is 0 Å². The van der Waals surface area contributed by atoms with Crippen LogP contribution in [0, 0.1) is 0 Å². The number of aliphatic carboxylic acids is 1. The van der Waals surface area contributed by atoms with Gasteiger partial charge in [-0.25, -0.2) is 9.59 Å². The van der Waals surface area contributed by atoms with Crippen LogP contribution in [0.4, 0.5) is 0 Å². The monoisotopic (exact) mass is 230 g/mol. The minimum Gasteiger partial charge on any atom is -0.473 e. The van der Waals surface area contributed by atoms with Gasteiger partial charge in [-0.3, -0.25) is 0 Å². The molecule has 64 valence electrons. The van der Waals surface area contributed by atoms with Gasteiger partial charge in [0.05, 0.1) is 0 Å². The summed E-state index contributed by atoms with van der Waals surface area (Å²) in [5.41, 5.74) is 0. The Balaban J connectivity index is 0.00000144. The summed E-state index contributed by atoms with van der Waals surface area (Å²) in [5.74, 6) is -2.65. The van der Waals surface area contributed by atoms with Crippen molar-refractivity contribution in [3.63, 3.8) is 0 Å². The average Bonchev–Trinajstić information content (AvgIpc) is 2.06. The van der Waals surface area contributed by atoms with E-state index >= 15 is 0 Å². The first-order chi connectivity index (χ1) is 5.70. The zero-order chi connectivity index (χ0) is 8.97. The maximum atomic E-state index is 10.5. The molecule has 4 nitrogen and oxygen atoms in total. The molecule has 0 aliphatic rings. The average molecular weight is 232 g/mol. The van der Waals surface area contributed by atoms with Gasteiger partial charge < -0.3 is 9.84 Å². The van der Waals surface area contributed by atoms with E-state index in [2.05, 4.69) is 4.74 Å². The summed E-state index contributed by atoms with van der Waals surface area (Å²) in [4.78, 5) is 20.5. The van der Waals surface area contributed by atoms with Crippen LogP contribution in [0.15, 0.2) is 30.3 Å². The molecule has 1 aromatic rings. The molecule has 0 radical (unpaired) electrons. The molecule has 0 spiro atoms. The number of benzene rings is 1. The molecule has 0 saturated carbocycles. The first-order valence-electron chi connectivity index (χ1n) is 3.20. The van der Waals surface area contributed by atoms with E-state index in [-0.39, 0.29) is 25.2 Å². The van der Waals surface area contributed by atoms with Gasteiger partial charge in [0.1, 0.15) is 5.75 Å². The minimum absolute atomic E-state index is 0. The summed E-state index contributed by atoms with van der Waals surface area (Å²) < 4.78 is 4.44. The summed E-state index contributed by atoms with van der Waals surface area (Å²) in [6.07, 6.45) is 0. The van der Waals surface area contributed by atoms with Crippen molar-refractivity contribution < 1.29 is 38.9 Å². The van der Waals surface area contributed by atoms with E-state index in [1.807, 2.05) is 0 Å². The summed E-state index contributed by atoms with van der Waals surface area (Å²) in [7, 11) is 0. The molecule has 1 N–H and O–H groups in total. The van der Waals surface area contributed by atoms with Crippen LogP contribution >= 0.6 is 0 Å². The second-order valence-electron chi connectivity index (χ2n) is 2.01. The van der Waals surface area contributed by atoms with Gasteiger partial charge >= 0.3 is 11.9 Å². The number of hydrogen-bond donors (Lipinski definition) is 1. The smallest absolute Gasteiger partial charge is 0.422 e. The Hall–Kier alpha value is -1.22. The summed E-state index contributed by atoms with van der Waals surface area (Å²) in [6.45, 7) is 0. The van der Waals surface area contributed by atoms with Gasteiger partial charge in [-0.05, 0) is 12.1 Å². The molecule has 0 aliphatic carbocycles. The predicted octanol–water partition coefficient (Wildman–Crippen LogP) is 0.674. The van der Waals surface area contributed by atoms with E-state index in [1.54, 1.807) is 18.2 Å². The van der Waals surface area contributed by atoms with E-state index in [0.717, 1.165) is 0 Å². The van der Waals surface area contributed by atoms with Crippen LogP contribution in [-0.2, 0) is 29.1 Å². The van der Waals surface area contributed by atoms with Crippen LogP contribution in [-0.4, -0.2) is 17.0 Å². The summed E-state index contributed by atoms with van der Waals surface area (Å²) in [5, 5.41) is 8.17. The van der Waals surface area contributed by atoms with Crippen molar-refractivity contribution in [2.45, 2.75) is 0 Å². The Morgan fingerprint density at radius 1 is 1.15 bits per heavy atom. The van der Waals surface area contributed by atoms with E-state index in [9.17, 15) is 9.59 Å². The van der Waals surface area contributed by atoms with Crippen LogP contribution in [0.5, 0.6) is 5.75 Å². The number of carbonyl (C=O) groups is 2. The van der Waals surface area contributed by atoms with E-state index in [4.69, 9.17) is 5.11 Å². The number of hydrogen-bond acceptors (Lipinski definition) is 3. The number of esters is 1. The molecule has 0 amide bonds. The fraction of sp³-hybridized carbons (Fsp3) is 0. The van der Waals surface area contributed by atoms with Gasteiger partial charge in [-0.15, -0.1) is 0 Å². The standard InChI is InChI=1S/C8H6O4.Zn/c9-7(10)8(11)12-6-4-2-1-3-5-6;/h1-5H,(H,9,10);. The number of carboxylic acids is 1. The third-order valence-corrected chi connectivity index (χ3v) is 1.13. The Morgan fingerprint density at radius 3 is 2.15 bits per heavy atom. The molecule has 0 heterocycles. The number of rotatable bonds is 1. The van der Waals surface area contributed by atoms with Crippen molar-refractivity contribution in [2.75, 3.05) is 0 Å². The third kappa shape index (κ3) is 3.81. The molecule has 0 fully saturated rings. The first kappa shape index (κ1) is 11.8. The molecule has 0 unspecified atom stereocenters. The predicted molar refractivity (Wildman–Crippen MR) is 39.7 cm³/mol. The maximum Gasteiger partial charge on any atom is 0.422 e. The van der Waals surface area contributed by atoms with Crippen molar-refractivity contribution in [3.8, 4) is 5.75 Å². The number of carbonyl (C=O) groups excluding carboxylic acids is 1. The number of para-hydroxylation sites is 1. The molecular formula is C8H6O4Zn. The molecule has 1 aromatic carbocycles. The third-order valence-electron chi connectivity index (χ3n) is 1.13. The SMILES string of the molecule is O=C(O)C(=O)Oc1ccccc1.[Zn]. The second-order valence-corrected chi connectivity index (χ2v) is 2.01. The molecule has 0 bridgehead atoms. The van der Waals surface area contributed by atoms with E-state index in [0.29, 0.717) is 0 Å². The van der Waals surface area contributed by atoms with Crippen molar-refractivity contribution in [1.29, 1.82) is 0 Å². The Bertz CT molecular complexity index is 296. The van der Waals surface area contributed by atoms with Gasteiger partial charge in [0.25, 0.3) is 0 Å². The molecule has 1 rings (SSSR count).